The Morgan fingerprint density at radius 3 is 2.20 bits per heavy atom. The van der Waals surface area contributed by atoms with Crippen molar-refractivity contribution in [3.63, 3.8) is 0 Å². The van der Waals surface area contributed by atoms with Crippen LogP contribution in [-0.4, -0.2) is 4.98 Å². The van der Waals surface area contributed by atoms with Crippen LogP contribution in [-0.2, 0) is 17.7 Å². The Morgan fingerprint density at radius 2 is 1.75 bits per heavy atom. The molecule has 0 N–H and O–H groups in total. The predicted molar refractivity (Wildman–Crippen MR) is 89.1 cm³/mol. The zero-order valence-corrected chi connectivity index (χ0v) is 14.5. The number of aromatic nitrogens is 1. The highest BCUT2D eigenvalue weighted by Crippen LogP contribution is 2.29. The molecule has 1 nitrogen and oxygen atoms in total. The van der Waals surface area contributed by atoms with Crippen LogP contribution in [0.1, 0.15) is 52.9 Å². The molecule has 1 heterocycles. The third-order valence-corrected chi connectivity index (χ3v) is 5.07. The average Bonchev–Trinajstić information content (AvgIpc) is 2.80. The number of thiazole rings is 1. The number of benzene rings is 1. The molecular weight excluding hydrogens is 286 g/mol. The Bertz CT molecular complexity index is 585. The summed E-state index contributed by atoms with van der Waals surface area (Å²) in [6.07, 6.45) is 2.80. The summed E-state index contributed by atoms with van der Waals surface area (Å²) in [4.78, 5) is 5.61. The van der Waals surface area contributed by atoms with E-state index >= 15 is 0 Å². The minimum Gasteiger partial charge on any atom is -0.249 e. The number of halogens is 1. The summed E-state index contributed by atoms with van der Waals surface area (Å²) >= 11 is 7.56. The van der Waals surface area contributed by atoms with Crippen LogP contribution in [0.5, 0.6) is 0 Å². The van der Waals surface area contributed by atoms with Gasteiger partial charge in [-0.25, -0.2) is 4.98 Å². The van der Waals surface area contributed by atoms with E-state index < -0.39 is 0 Å². The number of aryl methyl sites for hydroxylation is 2. The van der Waals surface area contributed by atoms with Crippen molar-refractivity contribution < 1.29 is 0 Å². The lowest BCUT2D eigenvalue weighted by atomic mass is 9.83. The van der Waals surface area contributed by atoms with Gasteiger partial charge in [-0.05, 0) is 41.5 Å². The maximum atomic E-state index is 5.85. The van der Waals surface area contributed by atoms with E-state index in [0.717, 1.165) is 16.3 Å². The highest BCUT2D eigenvalue weighted by Gasteiger charge is 2.16. The van der Waals surface area contributed by atoms with Gasteiger partial charge in [0.25, 0.3) is 0 Å². The lowest BCUT2D eigenvalue weighted by Gasteiger charge is -2.22. The minimum absolute atomic E-state index is 0.195. The Hall–Kier alpha value is -0.860. The number of rotatable bonds is 3. The quantitative estimate of drug-likeness (QED) is 0.693. The summed E-state index contributed by atoms with van der Waals surface area (Å²) in [5, 5.41) is 1.15. The molecular formula is C17H22ClNS. The molecule has 1 aromatic carbocycles. The van der Waals surface area contributed by atoms with Gasteiger partial charge in [0.2, 0.25) is 0 Å². The van der Waals surface area contributed by atoms with Gasteiger partial charge in [0, 0.05) is 17.5 Å². The molecule has 0 saturated carbocycles. The van der Waals surface area contributed by atoms with Crippen molar-refractivity contribution in [1.29, 1.82) is 0 Å². The van der Waals surface area contributed by atoms with E-state index in [1.54, 1.807) is 11.3 Å². The van der Waals surface area contributed by atoms with Crippen LogP contribution in [0, 0.1) is 13.8 Å². The van der Waals surface area contributed by atoms with Gasteiger partial charge >= 0.3 is 0 Å². The molecule has 108 valence electrons. The van der Waals surface area contributed by atoms with Crippen molar-refractivity contribution in [2.24, 2.45) is 0 Å². The molecule has 0 atom stereocenters. The summed E-state index contributed by atoms with van der Waals surface area (Å²) in [5.41, 5.74) is 5.71. The molecule has 0 saturated heterocycles. The van der Waals surface area contributed by atoms with E-state index in [1.165, 1.54) is 22.3 Å². The smallest absolute Gasteiger partial charge is 0.0972 e. The number of hydrogen-bond donors (Lipinski definition) is 0. The first-order valence-electron chi connectivity index (χ1n) is 6.91. The molecule has 1 aromatic heterocycles. The summed E-state index contributed by atoms with van der Waals surface area (Å²) in [7, 11) is 0. The SMILES string of the molecule is Cc1cc(C(C)(C)C)cc(C)c1Cc1ncc(CCl)s1. The van der Waals surface area contributed by atoms with Gasteiger partial charge in [0.05, 0.1) is 10.9 Å². The monoisotopic (exact) mass is 307 g/mol. The van der Waals surface area contributed by atoms with Gasteiger partial charge in [-0.3, -0.25) is 0 Å². The number of nitrogens with zero attached hydrogens (tertiary/aromatic N) is 1. The van der Waals surface area contributed by atoms with E-state index in [2.05, 4.69) is 51.7 Å². The van der Waals surface area contributed by atoms with Gasteiger partial charge < -0.3 is 0 Å². The van der Waals surface area contributed by atoms with Crippen molar-refractivity contribution in [2.45, 2.75) is 52.3 Å². The summed E-state index contributed by atoms with van der Waals surface area (Å²) in [6, 6.07) is 4.64. The molecule has 0 aliphatic rings. The lowest BCUT2D eigenvalue weighted by molar-refractivity contribution is 0.589. The van der Waals surface area contributed by atoms with Crippen LogP contribution in [0.3, 0.4) is 0 Å². The van der Waals surface area contributed by atoms with E-state index in [4.69, 9.17) is 11.6 Å². The molecule has 20 heavy (non-hydrogen) atoms. The molecule has 0 unspecified atom stereocenters. The second-order valence-corrected chi connectivity index (χ2v) is 7.84. The van der Waals surface area contributed by atoms with Crippen LogP contribution >= 0.6 is 22.9 Å². The Morgan fingerprint density at radius 1 is 1.15 bits per heavy atom. The van der Waals surface area contributed by atoms with Crippen molar-refractivity contribution in [3.05, 3.63) is 50.5 Å². The molecule has 0 fully saturated rings. The van der Waals surface area contributed by atoms with Crippen LogP contribution in [0.4, 0.5) is 0 Å². The second kappa shape index (κ2) is 5.87. The summed E-state index contributed by atoms with van der Waals surface area (Å²) in [6.45, 7) is 11.2. The first-order chi connectivity index (χ1) is 9.31. The zero-order chi connectivity index (χ0) is 14.9. The highest BCUT2D eigenvalue weighted by atomic mass is 35.5. The van der Waals surface area contributed by atoms with E-state index in [9.17, 15) is 0 Å². The van der Waals surface area contributed by atoms with E-state index in [-0.39, 0.29) is 5.41 Å². The molecule has 0 aliphatic heterocycles. The van der Waals surface area contributed by atoms with Gasteiger partial charge in [0.1, 0.15) is 0 Å². The third kappa shape index (κ3) is 3.42. The fourth-order valence-corrected chi connectivity index (χ4v) is 3.37. The molecule has 0 radical (unpaired) electrons. The van der Waals surface area contributed by atoms with Gasteiger partial charge in [-0.2, -0.15) is 0 Å². The zero-order valence-electron chi connectivity index (χ0n) is 12.9. The van der Waals surface area contributed by atoms with Gasteiger partial charge in [0.15, 0.2) is 0 Å². The standard InChI is InChI=1S/C17H22ClNS/c1-11-6-13(17(3,4)5)7-12(2)15(11)8-16-19-10-14(9-18)20-16/h6-7,10H,8-9H2,1-5H3. The fourth-order valence-electron chi connectivity index (χ4n) is 2.35. The molecule has 0 spiro atoms. The van der Waals surface area contributed by atoms with Gasteiger partial charge in [-0.1, -0.05) is 32.9 Å². The molecule has 0 amide bonds. The van der Waals surface area contributed by atoms with Crippen molar-refractivity contribution >= 4 is 22.9 Å². The maximum absolute atomic E-state index is 5.85. The Labute approximate surface area is 131 Å². The molecule has 2 rings (SSSR count). The molecule has 2 aromatic rings. The molecule has 0 bridgehead atoms. The maximum Gasteiger partial charge on any atom is 0.0972 e. The molecule has 3 heteroatoms. The van der Waals surface area contributed by atoms with Crippen LogP contribution in [0.25, 0.3) is 0 Å². The predicted octanol–water partition coefficient (Wildman–Crippen LogP) is 5.39. The summed E-state index contributed by atoms with van der Waals surface area (Å²) < 4.78 is 0. The van der Waals surface area contributed by atoms with Crippen LogP contribution in [0.15, 0.2) is 18.3 Å². The lowest BCUT2D eigenvalue weighted by Crippen LogP contribution is -2.12. The topological polar surface area (TPSA) is 12.9 Å². The number of hydrogen-bond acceptors (Lipinski definition) is 2. The summed E-state index contributed by atoms with van der Waals surface area (Å²) in [5.74, 6) is 0.554. The average molecular weight is 308 g/mol. The van der Waals surface area contributed by atoms with Crippen molar-refractivity contribution in [2.75, 3.05) is 0 Å². The van der Waals surface area contributed by atoms with E-state index in [0.29, 0.717) is 5.88 Å². The van der Waals surface area contributed by atoms with Gasteiger partial charge in [-0.15, -0.1) is 22.9 Å². The first kappa shape index (κ1) is 15.5. The Balaban J connectivity index is 2.33. The van der Waals surface area contributed by atoms with Crippen molar-refractivity contribution in [3.8, 4) is 0 Å². The Kier molecular flexibility index (Phi) is 4.55. The largest absolute Gasteiger partial charge is 0.249 e. The first-order valence-corrected chi connectivity index (χ1v) is 8.26. The third-order valence-electron chi connectivity index (χ3n) is 3.62. The highest BCUT2D eigenvalue weighted by molar-refractivity contribution is 7.11. The number of alkyl halides is 1. The molecule has 0 aliphatic carbocycles. The minimum atomic E-state index is 0.195. The second-order valence-electron chi connectivity index (χ2n) is 6.37. The normalized spacial score (nSPS) is 11.9. The van der Waals surface area contributed by atoms with E-state index in [1.807, 2.05) is 6.20 Å². The van der Waals surface area contributed by atoms with Crippen LogP contribution < -0.4 is 0 Å². The fraction of sp³-hybridized carbons (Fsp3) is 0.471. The van der Waals surface area contributed by atoms with Crippen LogP contribution in [0.2, 0.25) is 0 Å². The van der Waals surface area contributed by atoms with Crippen molar-refractivity contribution in [1.82, 2.24) is 4.98 Å².